The van der Waals surface area contributed by atoms with Crippen LogP contribution >= 0.6 is 0 Å². The van der Waals surface area contributed by atoms with E-state index >= 15 is 0 Å². The molecule has 1 aromatic carbocycles. The lowest BCUT2D eigenvalue weighted by molar-refractivity contribution is 0.286. The highest BCUT2D eigenvalue weighted by atomic mass is 16.5. The van der Waals surface area contributed by atoms with Gasteiger partial charge in [-0.25, -0.2) is 0 Å². The largest absolute Gasteiger partial charge is 0.497 e. The van der Waals surface area contributed by atoms with Gasteiger partial charge in [0.05, 0.1) is 7.11 Å². The molecule has 0 bridgehead atoms. The molecule has 1 atom stereocenters. The minimum atomic E-state index is 0.294. The number of hydrogen-bond acceptors (Lipinski definition) is 3. The van der Waals surface area contributed by atoms with Crippen molar-refractivity contribution in [2.45, 2.75) is 33.6 Å². The topological polar surface area (TPSA) is 24.5 Å². The van der Waals surface area contributed by atoms with Crippen LogP contribution in [0.25, 0.3) is 0 Å². The summed E-state index contributed by atoms with van der Waals surface area (Å²) in [5.41, 5.74) is 1.51. The van der Waals surface area contributed by atoms with E-state index in [1.54, 1.807) is 7.11 Å². The molecule has 1 aromatic rings. The Morgan fingerprint density at radius 3 is 2.65 bits per heavy atom. The van der Waals surface area contributed by atoms with Crippen molar-refractivity contribution in [2.24, 2.45) is 5.41 Å². The van der Waals surface area contributed by atoms with Crippen LogP contribution in [-0.2, 0) is 0 Å². The number of anilines is 1. The van der Waals surface area contributed by atoms with Crippen LogP contribution in [0.15, 0.2) is 24.3 Å². The number of benzene rings is 1. The van der Waals surface area contributed by atoms with Crippen molar-refractivity contribution in [3.63, 3.8) is 0 Å². The number of nitrogens with zero attached hydrogens (tertiary/aromatic N) is 1. The molecule has 0 spiro atoms. The van der Waals surface area contributed by atoms with E-state index in [2.05, 4.69) is 50.2 Å². The van der Waals surface area contributed by atoms with Crippen molar-refractivity contribution in [3.8, 4) is 5.75 Å². The Bertz CT molecular complexity index is 394. The van der Waals surface area contributed by atoms with Crippen LogP contribution in [0.5, 0.6) is 5.75 Å². The highest BCUT2D eigenvalue weighted by Crippen LogP contribution is 2.27. The summed E-state index contributed by atoms with van der Waals surface area (Å²) in [5.74, 6) is 0.915. The molecule has 0 aliphatic rings. The van der Waals surface area contributed by atoms with Gasteiger partial charge in [-0.2, -0.15) is 0 Å². The Balaban J connectivity index is 2.75. The van der Waals surface area contributed by atoms with Crippen molar-refractivity contribution in [1.82, 2.24) is 5.32 Å². The average Bonchev–Trinajstić information content (AvgIpc) is 2.45. The molecule has 0 saturated carbocycles. The molecule has 0 amide bonds. The van der Waals surface area contributed by atoms with E-state index in [-0.39, 0.29) is 0 Å². The number of nitrogens with one attached hydrogen (secondary N) is 1. The molecule has 0 fully saturated rings. The third-order valence-electron chi connectivity index (χ3n) is 3.77. The summed E-state index contributed by atoms with van der Waals surface area (Å²) in [6.07, 6.45) is 2.45. The lowest BCUT2D eigenvalue weighted by Gasteiger charge is -2.35. The van der Waals surface area contributed by atoms with Crippen molar-refractivity contribution in [2.75, 3.05) is 38.7 Å². The Morgan fingerprint density at radius 2 is 2.05 bits per heavy atom. The second-order valence-electron chi connectivity index (χ2n) is 5.90. The van der Waals surface area contributed by atoms with E-state index < -0.39 is 0 Å². The predicted molar refractivity (Wildman–Crippen MR) is 87.8 cm³/mol. The first kappa shape index (κ1) is 16.8. The maximum absolute atomic E-state index is 5.31. The standard InChI is InChI=1S/C17H30N2O/c1-6-11-17(3,13-18-7-2)14-19(4)15-9-8-10-16(12-15)20-5/h8-10,12,18H,6-7,11,13-14H2,1-5H3. The van der Waals surface area contributed by atoms with Gasteiger partial charge in [-0.05, 0) is 30.5 Å². The van der Waals surface area contributed by atoms with E-state index in [0.717, 1.165) is 25.4 Å². The number of rotatable bonds is 9. The molecule has 3 heteroatoms. The first-order valence-corrected chi connectivity index (χ1v) is 7.60. The van der Waals surface area contributed by atoms with E-state index in [0.29, 0.717) is 5.41 Å². The van der Waals surface area contributed by atoms with E-state index in [1.165, 1.54) is 18.5 Å². The summed E-state index contributed by atoms with van der Waals surface area (Å²) in [6.45, 7) is 9.93. The first-order chi connectivity index (χ1) is 9.54. The zero-order chi connectivity index (χ0) is 15.0. The van der Waals surface area contributed by atoms with E-state index in [9.17, 15) is 0 Å². The van der Waals surface area contributed by atoms with Gasteiger partial charge < -0.3 is 15.0 Å². The van der Waals surface area contributed by atoms with Crippen molar-refractivity contribution < 1.29 is 4.74 Å². The fourth-order valence-electron chi connectivity index (χ4n) is 2.77. The minimum Gasteiger partial charge on any atom is -0.497 e. The maximum Gasteiger partial charge on any atom is 0.120 e. The molecular weight excluding hydrogens is 248 g/mol. The molecule has 3 nitrogen and oxygen atoms in total. The van der Waals surface area contributed by atoms with Crippen LogP contribution in [0.3, 0.4) is 0 Å². The second-order valence-corrected chi connectivity index (χ2v) is 5.90. The second kappa shape index (κ2) is 8.15. The summed E-state index contributed by atoms with van der Waals surface area (Å²) in [4.78, 5) is 2.33. The third-order valence-corrected chi connectivity index (χ3v) is 3.77. The van der Waals surface area contributed by atoms with Crippen LogP contribution < -0.4 is 15.0 Å². The molecular formula is C17H30N2O. The molecule has 20 heavy (non-hydrogen) atoms. The zero-order valence-electron chi connectivity index (χ0n) is 13.7. The molecule has 1 N–H and O–H groups in total. The molecule has 0 aliphatic carbocycles. The molecule has 114 valence electrons. The number of ether oxygens (including phenoxy) is 1. The summed E-state index contributed by atoms with van der Waals surface area (Å²) >= 11 is 0. The molecule has 0 heterocycles. The van der Waals surface area contributed by atoms with Crippen LogP contribution in [0, 0.1) is 5.41 Å². The van der Waals surface area contributed by atoms with E-state index in [4.69, 9.17) is 4.74 Å². The number of methoxy groups -OCH3 is 1. The Labute approximate surface area is 124 Å². The summed E-state index contributed by atoms with van der Waals surface area (Å²) in [6, 6.07) is 8.27. The minimum absolute atomic E-state index is 0.294. The molecule has 0 saturated heterocycles. The van der Waals surface area contributed by atoms with Gasteiger partial charge in [0, 0.05) is 31.9 Å². The van der Waals surface area contributed by atoms with Gasteiger partial charge in [0.2, 0.25) is 0 Å². The van der Waals surface area contributed by atoms with Crippen LogP contribution in [-0.4, -0.2) is 33.8 Å². The molecule has 1 unspecified atom stereocenters. The molecule has 1 rings (SSSR count). The third kappa shape index (κ3) is 5.04. The normalized spacial score (nSPS) is 13.8. The molecule has 0 radical (unpaired) electrons. The lowest BCUT2D eigenvalue weighted by atomic mass is 9.84. The fraction of sp³-hybridized carbons (Fsp3) is 0.647. The van der Waals surface area contributed by atoms with Gasteiger partial charge in [0.15, 0.2) is 0 Å². The van der Waals surface area contributed by atoms with Gasteiger partial charge in [-0.15, -0.1) is 0 Å². The zero-order valence-corrected chi connectivity index (χ0v) is 13.7. The maximum atomic E-state index is 5.31. The summed E-state index contributed by atoms with van der Waals surface area (Å²) in [5, 5.41) is 3.50. The molecule has 0 aliphatic heterocycles. The number of hydrogen-bond donors (Lipinski definition) is 1. The van der Waals surface area contributed by atoms with Gasteiger partial charge in [-0.3, -0.25) is 0 Å². The smallest absolute Gasteiger partial charge is 0.120 e. The van der Waals surface area contributed by atoms with Gasteiger partial charge in [-0.1, -0.05) is 33.3 Å². The van der Waals surface area contributed by atoms with Crippen LogP contribution in [0.1, 0.15) is 33.6 Å². The highest BCUT2D eigenvalue weighted by Gasteiger charge is 2.25. The Morgan fingerprint density at radius 1 is 1.30 bits per heavy atom. The van der Waals surface area contributed by atoms with Crippen LogP contribution in [0.2, 0.25) is 0 Å². The monoisotopic (exact) mass is 278 g/mol. The summed E-state index contributed by atoms with van der Waals surface area (Å²) in [7, 11) is 3.88. The summed E-state index contributed by atoms with van der Waals surface area (Å²) < 4.78 is 5.31. The predicted octanol–water partition coefficient (Wildman–Crippen LogP) is 3.55. The van der Waals surface area contributed by atoms with Crippen molar-refractivity contribution in [3.05, 3.63) is 24.3 Å². The van der Waals surface area contributed by atoms with Gasteiger partial charge in [0.25, 0.3) is 0 Å². The molecule has 0 aromatic heterocycles. The Kier molecular flexibility index (Phi) is 6.86. The fourth-order valence-corrected chi connectivity index (χ4v) is 2.77. The quantitative estimate of drug-likeness (QED) is 0.747. The van der Waals surface area contributed by atoms with Gasteiger partial charge in [0.1, 0.15) is 5.75 Å². The van der Waals surface area contributed by atoms with Crippen molar-refractivity contribution in [1.29, 1.82) is 0 Å². The van der Waals surface area contributed by atoms with E-state index in [1.807, 2.05) is 12.1 Å². The first-order valence-electron chi connectivity index (χ1n) is 7.60. The highest BCUT2D eigenvalue weighted by molar-refractivity contribution is 5.50. The SMILES string of the molecule is CCCC(C)(CNCC)CN(C)c1cccc(OC)c1. The van der Waals surface area contributed by atoms with Crippen LogP contribution in [0.4, 0.5) is 5.69 Å². The average molecular weight is 278 g/mol. The Hall–Kier alpha value is -1.22. The van der Waals surface area contributed by atoms with Gasteiger partial charge >= 0.3 is 0 Å². The van der Waals surface area contributed by atoms with Crippen molar-refractivity contribution >= 4 is 5.69 Å². The lowest BCUT2D eigenvalue weighted by Crippen LogP contribution is -2.41.